The predicted molar refractivity (Wildman–Crippen MR) is 126 cm³/mol. The standard InChI is InChI=1S/C25H41NO2S/c1-23(27)26-21-22-29-25(28)20-16-11-9-7-5-3-2-4-6-8-10-13-17-24-18-14-12-15-19-24/h12,14-15,18-19H,2-11,13,16-17,20-22H2,1H3,(H,26,27). The molecule has 0 aromatic heterocycles. The van der Waals surface area contributed by atoms with Crippen molar-refractivity contribution in [2.24, 2.45) is 0 Å². The molecule has 0 bridgehead atoms. The summed E-state index contributed by atoms with van der Waals surface area (Å²) in [5.41, 5.74) is 1.47. The van der Waals surface area contributed by atoms with Gasteiger partial charge in [-0.05, 0) is 24.8 Å². The number of unbranched alkanes of at least 4 members (excludes halogenated alkanes) is 11. The van der Waals surface area contributed by atoms with Gasteiger partial charge in [0.2, 0.25) is 5.91 Å². The molecular formula is C25H41NO2S. The van der Waals surface area contributed by atoms with E-state index in [4.69, 9.17) is 0 Å². The van der Waals surface area contributed by atoms with Gasteiger partial charge in [-0.25, -0.2) is 0 Å². The lowest BCUT2D eigenvalue weighted by atomic mass is 10.0. The molecular weight excluding hydrogens is 378 g/mol. The summed E-state index contributed by atoms with van der Waals surface area (Å²) < 4.78 is 0. The van der Waals surface area contributed by atoms with Gasteiger partial charge >= 0.3 is 0 Å². The Bertz CT molecular complexity index is 533. The van der Waals surface area contributed by atoms with Crippen molar-refractivity contribution in [3.63, 3.8) is 0 Å². The summed E-state index contributed by atoms with van der Waals surface area (Å²) in [6, 6.07) is 10.8. The van der Waals surface area contributed by atoms with E-state index in [1.54, 1.807) is 0 Å². The van der Waals surface area contributed by atoms with Gasteiger partial charge < -0.3 is 5.32 Å². The molecule has 164 valence electrons. The number of nitrogens with one attached hydrogen (secondary N) is 1. The van der Waals surface area contributed by atoms with Crippen LogP contribution in [0.5, 0.6) is 0 Å². The molecule has 1 N–H and O–H groups in total. The summed E-state index contributed by atoms with van der Waals surface area (Å²) >= 11 is 1.35. The van der Waals surface area contributed by atoms with Crippen LogP contribution >= 0.6 is 11.8 Å². The molecule has 0 radical (unpaired) electrons. The maximum absolute atomic E-state index is 11.7. The maximum atomic E-state index is 11.7. The molecule has 29 heavy (non-hydrogen) atoms. The Kier molecular flexibility index (Phi) is 16.6. The van der Waals surface area contributed by atoms with E-state index in [9.17, 15) is 9.59 Å². The number of aryl methyl sites for hydroxylation is 1. The Hall–Kier alpha value is -1.29. The van der Waals surface area contributed by atoms with Crippen LogP contribution < -0.4 is 5.32 Å². The smallest absolute Gasteiger partial charge is 0.216 e. The van der Waals surface area contributed by atoms with Crippen LogP contribution in [0.15, 0.2) is 30.3 Å². The quantitative estimate of drug-likeness (QED) is 0.269. The predicted octanol–water partition coefficient (Wildman–Crippen LogP) is 6.70. The number of thioether (sulfide) groups is 1. The largest absolute Gasteiger partial charge is 0.356 e. The van der Waals surface area contributed by atoms with Crippen LogP contribution in [0.3, 0.4) is 0 Å². The van der Waals surface area contributed by atoms with Crippen molar-refractivity contribution in [3.05, 3.63) is 35.9 Å². The van der Waals surface area contributed by atoms with Crippen LogP contribution in [0.4, 0.5) is 0 Å². The zero-order valence-electron chi connectivity index (χ0n) is 18.4. The van der Waals surface area contributed by atoms with Crippen LogP contribution in [0.25, 0.3) is 0 Å². The molecule has 1 amide bonds. The highest BCUT2D eigenvalue weighted by Gasteiger charge is 2.02. The van der Waals surface area contributed by atoms with Gasteiger partial charge in [0.25, 0.3) is 0 Å². The minimum Gasteiger partial charge on any atom is -0.356 e. The summed E-state index contributed by atoms with van der Waals surface area (Å²) in [7, 11) is 0. The maximum Gasteiger partial charge on any atom is 0.216 e. The Balaban J connectivity index is 1.74. The van der Waals surface area contributed by atoms with Gasteiger partial charge in [0, 0.05) is 25.6 Å². The van der Waals surface area contributed by atoms with Crippen molar-refractivity contribution in [2.45, 2.75) is 96.8 Å². The monoisotopic (exact) mass is 419 g/mol. The molecule has 0 spiro atoms. The normalized spacial score (nSPS) is 10.8. The summed E-state index contributed by atoms with van der Waals surface area (Å²) in [6.45, 7) is 2.08. The Morgan fingerprint density at radius 1 is 0.759 bits per heavy atom. The van der Waals surface area contributed by atoms with E-state index in [1.165, 1.54) is 101 Å². The third kappa shape index (κ3) is 17.3. The number of rotatable bonds is 18. The van der Waals surface area contributed by atoms with Crippen molar-refractivity contribution in [3.8, 4) is 0 Å². The lowest BCUT2D eigenvalue weighted by molar-refractivity contribution is -0.118. The zero-order chi connectivity index (χ0) is 21.0. The second-order valence-electron chi connectivity index (χ2n) is 7.93. The van der Waals surface area contributed by atoms with Crippen LogP contribution in [-0.2, 0) is 16.0 Å². The minimum absolute atomic E-state index is 0.0307. The van der Waals surface area contributed by atoms with Gasteiger partial charge in [-0.2, -0.15) is 0 Å². The molecule has 3 nitrogen and oxygen atoms in total. The van der Waals surface area contributed by atoms with Crippen molar-refractivity contribution in [1.82, 2.24) is 5.32 Å². The Morgan fingerprint density at radius 3 is 1.83 bits per heavy atom. The van der Waals surface area contributed by atoms with Crippen molar-refractivity contribution >= 4 is 22.8 Å². The van der Waals surface area contributed by atoms with Gasteiger partial charge in [0.05, 0.1) is 0 Å². The second-order valence-corrected chi connectivity index (χ2v) is 9.08. The second kappa shape index (κ2) is 18.7. The minimum atomic E-state index is -0.0307. The highest BCUT2D eigenvalue weighted by molar-refractivity contribution is 8.13. The van der Waals surface area contributed by atoms with E-state index in [-0.39, 0.29) is 11.0 Å². The number of amides is 1. The van der Waals surface area contributed by atoms with Crippen LogP contribution in [0, 0.1) is 0 Å². The average Bonchev–Trinajstić information content (AvgIpc) is 2.72. The lowest BCUT2D eigenvalue weighted by Crippen LogP contribution is -2.22. The highest BCUT2D eigenvalue weighted by Crippen LogP contribution is 2.15. The van der Waals surface area contributed by atoms with Crippen LogP contribution in [0.1, 0.15) is 96.0 Å². The first-order valence-corrected chi connectivity index (χ1v) is 12.6. The van der Waals surface area contributed by atoms with E-state index in [2.05, 4.69) is 35.6 Å². The molecule has 0 heterocycles. The average molecular weight is 420 g/mol. The van der Waals surface area contributed by atoms with Gasteiger partial charge in [-0.1, -0.05) is 106 Å². The van der Waals surface area contributed by atoms with Gasteiger partial charge in [0.1, 0.15) is 0 Å². The van der Waals surface area contributed by atoms with Crippen molar-refractivity contribution in [1.29, 1.82) is 0 Å². The van der Waals surface area contributed by atoms with E-state index >= 15 is 0 Å². The number of carbonyl (C=O) groups excluding carboxylic acids is 2. The molecule has 4 heteroatoms. The SMILES string of the molecule is CC(=O)NCCSC(=O)CCCCCCCCCCCCCCc1ccccc1. The van der Waals surface area contributed by atoms with E-state index in [1.807, 2.05) is 0 Å². The third-order valence-corrected chi connectivity index (χ3v) is 6.11. The zero-order valence-corrected chi connectivity index (χ0v) is 19.2. The molecule has 1 rings (SSSR count). The topological polar surface area (TPSA) is 46.2 Å². The molecule has 0 atom stereocenters. The highest BCUT2D eigenvalue weighted by atomic mass is 32.2. The molecule has 0 aliphatic heterocycles. The fourth-order valence-corrected chi connectivity index (χ4v) is 4.20. The molecule has 1 aromatic carbocycles. The van der Waals surface area contributed by atoms with E-state index in [0.717, 1.165) is 6.42 Å². The first-order valence-electron chi connectivity index (χ1n) is 11.6. The number of hydrogen-bond acceptors (Lipinski definition) is 3. The lowest BCUT2D eigenvalue weighted by Gasteiger charge is -2.04. The van der Waals surface area contributed by atoms with E-state index in [0.29, 0.717) is 18.7 Å². The summed E-state index contributed by atoms with van der Waals surface area (Å²) in [6.07, 6.45) is 17.5. The van der Waals surface area contributed by atoms with Crippen molar-refractivity contribution < 1.29 is 9.59 Å². The van der Waals surface area contributed by atoms with E-state index < -0.39 is 0 Å². The Morgan fingerprint density at radius 2 is 1.28 bits per heavy atom. The molecule has 0 saturated heterocycles. The summed E-state index contributed by atoms with van der Waals surface area (Å²) in [5.74, 6) is 0.655. The van der Waals surface area contributed by atoms with Gasteiger partial charge in [-0.3, -0.25) is 9.59 Å². The first kappa shape index (κ1) is 25.7. The number of benzene rings is 1. The van der Waals surface area contributed by atoms with Gasteiger partial charge in [-0.15, -0.1) is 0 Å². The molecule has 1 aromatic rings. The fourth-order valence-electron chi connectivity index (χ4n) is 3.48. The first-order chi connectivity index (χ1) is 14.2. The van der Waals surface area contributed by atoms with Crippen molar-refractivity contribution in [2.75, 3.05) is 12.3 Å². The van der Waals surface area contributed by atoms with Gasteiger partial charge in [0.15, 0.2) is 5.12 Å². The van der Waals surface area contributed by atoms with Crippen LogP contribution in [0.2, 0.25) is 0 Å². The van der Waals surface area contributed by atoms with Crippen LogP contribution in [-0.4, -0.2) is 23.3 Å². The third-order valence-electron chi connectivity index (χ3n) is 5.18. The molecule has 0 unspecified atom stereocenters. The number of hydrogen-bond donors (Lipinski definition) is 1. The molecule has 0 fully saturated rings. The molecule has 0 aliphatic carbocycles. The number of carbonyl (C=O) groups is 2. The summed E-state index contributed by atoms with van der Waals surface area (Å²) in [5, 5.41) is 2.98. The summed E-state index contributed by atoms with van der Waals surface area (Å²) in [4.78, 5) is 22.4. The molecule has 0 aliphatic rings. The fraction of sp³-hybridized carbons (Fsp3) is 0.680. The molecule has 0 saturated carbocycles. The Labute approximate surface area is 182 Å².